The van der Waals surface area contributed by atoms with Crippen LogP contribution in [0.15, 0.2) is 40.4 Å². The van der Waals surface area contributed by atoms with Gasteiger partial charge < -0.3 is 28.7 Å². The van der Waals surface area contributed by atoms with Gasteiger partial charge in [-0.1, -0.05) is 6.07 Å². The summed E-state index contributed by atoms with van der Waals surface area (Å²) in [4.78, 5) is 48.9. The molecule has 1 fully saturated rings. The van der Waals surface area contributed by atoms with Crippen LogP contribution in [0.4, 0.5) is 4.79 Å². The van der Waals surface area contributed by atoms with E-state index in [2.05, 4.69) is 10.1 Å². The second-order valence-corrected chi connectivity index (χ2v) is 6.64. The zero-order valence-electron chi connectivity index (χ0n) is 18.2. The molecule has 1 aliphatic heterocycles. The molecule has 33 heavy (non-hydrogen) atoms. The molecule has 1 saturated heterocycles. The van der Waals surface area contributed by atoms with Gasteiger partial charge in [-0.15, -0.1) is 0 Å². The maximum Gasteiger partial charge on any atom is 0.373 e. The third kappa shape index (κ3) is 5.50. The number of nitrogens with zero attached hydrogens (tertiary/aromatic N) is 1. The van der Waals surface area contributed by atoms with Crippen molar-refractivity contribution in [2.45, 2.75) is 13.5 Å². The van der Waals surface area contributed by atoms with E-state index in [0.29, 0.717) is 17.1 Å². The summed E-state index contributed by atoms with van der Waals surface area (Å²) in [5.74, 6) is -0.901. The van der Waals surface area contributed by atoms with Crippen LogP contribution in [0.1, 0.15) is 28.8 Å². The molecule has 0 unspecified atom stereocenters. The highest BCUT2D eigenvalue weighted by Crippen LogP contribution is 2.29. The molecule has 174 valence electrons. The van der Waals surface area contributed by atoms with E-state index in [9.17, 15) is 19.2 Å². The largest absolute Gasteiger partial charge is 0.493 e. The molecule has 1 aromatic heterocycles. The molecule has 0 atom stereocenters. The van der Waals surface area contributed by atoms with E-state index in [1.807, 2.05) is 0 Å². The molecule has 11 nitrogen and oxygen atoms in total. The van der Waals surface area contributed by atoms with E-state index < -0.39 is 23.9 Å². The normalized spacial score (nSPS) is 14.3. The van der Waals surface area contributed by atoms with Crippen molar-refractivity contribution in [2.75, 3.05) is 27.4 Å². The van der Waals surface area contributed by atoms with Crippen LogP contribution >= 0.6 is 0 Å². The average molecular weight is 458 g/mol. The molecule has 1 aromatic carbocycles. The quantitative estimate of drug-likeness (QED) is 0.341. The minimum absolute atomic E-state index is 0.0346. The third-order valence-corrected chi connectivity index (χ3v) is 4.47. The molecule has 3 rings (SSSR count). The maximum atomic E-state index is 12.7. The maximum absolute atomic E-state index is 12.7. The molecule has 0 saturated carbocycles. The summed E-state index contributed by atoms with van der Waals surface area (Å²) in [5.41, 5.74) is 0.591. The molecular weight excluding hydrogens is 436 g/mol. The second-order valence-electron chi connectivity index (χ2n) is 6.64. The second kappa shape index (κ2) is 10.4. The summed E-state index contributed by atoms with van der Waals surface area (Å²) in [7, 11) is 2.65. The van der Waals surface area contributed by atoms with Crippen molar-refractivity contribution < 1.29 is 42.5 Å². The van der Waals surface area contributed by atoms with Gasteiger partial charge in [-0.05, 0) is 42.8 Å². The van der Waals surface area contributed by atoms with Gasteiger partial charge in [0.2, 0.25) is 5.76 Å². The van der Waals surface area contributed by atoms with Crippen LogP contribution in [0.5, 0.6) is 11.5 Å². The number of urea groups is 1. The number of imide groups is 1. The van der Waals surface area contributed by atoms with Gasteiger partial charge in [-0.25, -0.2) is 14.4 Å². The molecule has 1 aliphatic rings. The number of ether oxygens (including phenoxy) is 4. The van der Waals surface area contributed by atoms with Crippen LogP contribution in [-0.4, -0.2) is 56.2 Å². The average Bonchev–Trinajstić information content (AvgIpc) is 3.38. The van der Waals surface area contributed by atoms with Crippen LogP contribution in [0.3, 0.4) is 0 Å². The molecule has 0 spiro atoms. The van der Waals surface area contributed by atoms with Crippen molar-refractivity contribution in [2.24, 2.45) is 0 Å². The predicted molar refractivity (Wildman–Crippen MR) is 112 cm³/mol. The Balaban J connectivity index is 1.72. The number of hydrogen-bond acceptors (Lipinski definition) is 9. The monoisotopic (exact) mass is 458 g/mol. The van der Waals surface area contributed by atoms with Crippen LogP contribution in [-0.2, 0) is 25.6 Å². The lowest BCUT2D eigenvalue weighted by molar-refractivity contribution is -0.145. The molecule has 2 heterocycles. The summed E-state index contributed by atoms with van der Waals surface area (Å²) < 4.78 is 25.4. The minimum Gasteiger partial charge on any atom is -0.493 e. The molecule has 2 aromatic rings. The minimum atomic E-state index is -0.664. The standard InChI is InChI=1S/C22H22N2O9/c1-4-31-19(25)12-32-16-7-5-13(10-18(16)29-2)9-15-20(26)24(22(28)23-15)11-14-6-8-17(33-14)21(27)30-3/h5-10H,4,11-12H2,1-3H3,(H,23,28)/b15-9-. The van der Waals surface area contributed by atoms with Gasteiger partial charge in [0.05, 0.1) is 27.4 Å². The van der Waals surface area contributed by atoms with Crippen LogP contribution in [0, 0.1) is 0 Å². The summed E-state index contributed by atoms with van der Waals surface area (Å²) in [6, 6.07) is 7.03. The van der Waals surface area contributed by atoms with Gasteiger partial charge in [0.25, 0.3) is 5.91 Å². The first-order valence-corrected chi connectivity index (χ1v) is 9.84. The first kappa shape index (κ1) is 23.4. The van der Waals surface area contributed by atoms with Gasteiger partial charge in [0.1, 0.15) is 11.5 Å². The Hall–Kier alpha value is -4.28. The number of benzene rings is 1. The van der Waals surface area contributed by atoms with Crippen molar-refractivity contribution >= 4 is 30.0 Å². The van der Waals surface area contributed by atoms with Gasteiger partial charge in [-0.2, -0.15) is 0 Å². The predicted octanol–water partition coefficient (Wildman–Crippen LogP) is 2.11. The van der Waals surface area contributed by atoms with Crippen molar-refractivity contribution in [1.29, 1.82) is 0 Å². The Kier molecular flexibility index (Phi) is 7.34. The lowest BCUT2D eigenvalue weighted by Gasteiger charge is -2.11. The molecule has 0 aliphatic carbocycles. The van der Waals surface area contributed by atoms with E-state index in [0.717, 1.165) is 4.90 Å². The number of hydrogen-bond donors (Lipinski definition) is 1. The highest BCUT2D eigenvalue weighted by atomic mass is 16.6. The number of carbonyl (C=O) groups is 4. The molecular formula is C22H22N2O9. The van der Waals surface area contributed by atoms with Gasteiger partial charge in [0, 0.05) is 0 Å². The fourth-order valence-electron chi connectivity index (χ4n) is 2.94. The van der Waals surface area contributed by atoms with Crippen molar-refractivity contribution in [3.05, 3.63) is 53.1 Å². The summed E-state index contributed by atoms with van der Waals surface area (Å²) >= 11 is 0. The zero-order valence-corrected chi connectivity index (χ0v) is 18.2. The van der Waals surface area contributed by atoms with Crippen molar-refractivity contribution in [3.63, 3.8) is 0 Å². The summed E-state index contributed by atoms with van der Waals surface area (Å²) in [5, 5.41) is 2.50. The first-order valence-electron chi connectivity index (χ1n) is 9.84. The number of nitrogens with one attached hydrogen (secondary N) is 1. The van der Waals surface area contributed by atoms with E-state index in [4.69, 9.17) is 18.6 Å². The number of carbonyl (C=O) groups excluding carboxylic acids is 4. The lowest BCUT2D eigenvalue weighted by atomic mass is 10.1. The lowest BCUT2D eigenvalue weighted by Crippen LogP contribution is -2.30. The number of esters is 2. The van der Waals surface area contributed by atoms with Crippen molar-refractivity contribution in [1.82, 2.24) is 10.2 Å². The number of furan rings is 1. The van der Waals surface area contributed by atoms with Crippen molar-refractivity contribution in [3.8, 4) is 11.5 Å². The summed E-state index contributed by atoms with van der Waals surface area (Å²) in [6.07, 6.45) is 1.47. The Bertz CT molecular complexity index is 1100. The van der Waals surface area contributed by atoms with Gasteiger partial charge in [-0.3, -0.25) is 9.69 Å². The highest BCUT2D eigenvalue weighted by molar-refractivity contribution is 6.13. The van der Waals surface area contributed by atoms with E-state index >= 15 is 0 Å². The molecule has 3 amide bonds. The Morgan fingerprint density at radius 1 is 1.12 bits per heavy atom. The molecule has 0 radical (unpaired) electrons. The van der Waals surface area contributed by atoms with Crippen LogP contribution < -0.4 is 14.8 Å². The highest BCUT2D eigenvalue weighted by Gasteiger charge is 2.34. The number of methoxy groups -OCH3 is 2. The first-order chi connectivity index (χ1) is 15.9. The number of amides is 3. The van der Waals surface area contributed by atoms with E-state index in [-0.39, 0.29) is 37.0 Å². The van der Waals surface area contributed by atoms with Crippen LogP contribution in [0.25, 0.3) is 6.08 Å². The van der Waals surface area contributed by atoms with Gasteiger partial charge in [0.15, 0.2) is 18.1 Å². The molecule has 0 bridgehead atoms. The third-order valence-electron chi connectivity index (χ3n) is 4.47. The Morgan fingerprint density at radius 3 is 2.61 bits per heavy atom. The Morgan fingerprint density at radius 2 is 1.91 bits per heavy atom. The zero-order chi connectivity index (χ0) is 24.0. The van der Waals surface area contributed by atoms with E-state index in [1.165, 1.54) is 32.4 Å². The topological polar surface area (TPSA) is 134 Å². The van der Waals surface area contributed by atoms with E-state index in [1.54, 1.807) is 25.1 Å². The fourth-order valence-corrected chi connectivity index (χ4v) is 2.94. The Labute approximate surface area is 188 Å². The smallest absolute Gasteiger partial charge is 0.373 e. The summed E-state index contributed by atoms with van der Waals surface area (Å²) in [6.45, 7) is 1.50. The molecule has 11 heteroatoms. The van der Waals surface area contributed by atoms with Gasteiger partial charge >= 0.3 is 18.0 Å². The fraction of sp³-hybridized carbons (Fsp3) is 0.273. The SMILES string of the molecule is CCOC(=O)COc1ccc(/C=C2\NC(=O)N(Cc3ccc(C(=O)OC)o3)C2=O)cc1OC. The molecule has 1 N–H and O–H groups in total. The number of rotatable bonds is 9. The van der Waals surface area contributed by atoms with Crippen LogP contribution in [0.2, 0.25) is 0 Å².